The molecule has 3 aromatic rings. The maximum absolute atomic E-state index is 14.4. The Morgan fingerprint density at radius 1 is 1.41 bits per heavy atom. The lowest BCUT2D eigenvalue weighted by Crippen LogP contribution is -2.26. The first-order chi connectivity index (χ1) is 10.6. The molecule has 0 bridgehead atoms. The molecule has 0 atom stereocenters. The second kappa shape index (κ2) is 5.59. The number of carbonyl (C=O) groups excluding carboxylic acids is 1. The summed E-state index contributed by atoms with van der Waals surface area (Å²) in [6.07, 6.45) is 4.97. The Bertz CT molecular complexity index is 822. The van der Waals surface area contributed by atoms with Crippen LogP contribution in [0.1, 0.15) is 22.8 Å². The highest BCUT2D eigenvalue weighted by Gasteiger charge is 2.19. The Labute approximate surface area is 126 Å². The minimum atomic E-state index is -0.549. The van der Waals surface area contributed by atoms with Crippen molar-refractivity contribution >= 4 is 16.8 Å². The van der Waals surface area contributed by atoms with Crippen LogP contribution in [0.3, 0.4) is 0 Å². The Kier molecular flexibility index (Phi) is 3.62. The molecule has 1 aromatic carbocycles. The molecule has 3 rings (SSSR count). The normalized spacial score (nSPS) is 11.0. The van der Waals surface area contributed by atoms with Crippen molar-refractivity contribution < 1.29 is 9.18 Å². The van der Waals surface area contributed by atoms with Gasteiger partial charge in [0.1, 0.15) is 5.82 Å². The quantitative estimate of drug-likeness (QED) is 0.803. The van der Waals surface area contributed by atoms with Gasteiger partial charge in [0.15, 0.2) is 0 Å². The average molecular weight is 301 g/mol. The summed E-state index contributed by atoms with van der Waals surface area (Å²) >= 11 is 0. The van der Waals surface area contributed by atoms with E-state index >= 15 is 0 Å². The molecule has 0 fully saturated rings. The lowest BCUT2D eigenvalue weighted by Gasteiger charge is -2.16. The van der Waals surface area contributed by atoms with Gasteiger partial charge >= 0.3 is 0 Å². The zero-order valence-electron chi connectivity index (χ0n) is 12.4. The third-order valence-corrected chi connectivity index (χ3v) is 3.57. The predicted molar refractivity (Wildman–Crippen MR) is 79.8 cm³/mol. The lowest BCUT2D eigenvalue weighted by atomic mass is 10.1. The van der Waals surface area contributed by atoms with E-state index in [9.17, 15) is 9.18 Å². The second-order valence-corrected chi connectivity index (χ2v) is 5.12. The highest BCUT2D eigenvalue weighted by Crippen LogP contribution is 2.20. The maximum atomic E-state index is 14.4. The molecule has 2 aromatic heterocycles. The fourth-order valence-corrected chi connectivity index (χ4v) is 2.36. The number of benzene rings is 1. The molecule has 6 nitrogen and oxygen atoms in total. The minimum Gasteiger partial charge on any atom is -0.337 e. The van der Waals surface area contributed by atoms with Gasteiger partial charge in [0, 0.05) is 31.9 Å². The predicted octanol–water partition coefficient (Wildman–Crippen LogP) is 2.19. The van der Waals surface area contributed by atoms with Gasteiger partial charge in [0.25, 0.3) is 5.91 Å². The van der Waals surface area contributed by atoms with Crippen molar-refractivity contribution in [1.82, 2.24) is 24.9 Å². The molecule has 0 radical (unpaired) electrons. The average Bonchev–Trinajstić information content (AvgIpc) is 3.16. The molecule has 1 amide bonds. The number of rotatable bonds is 4. The van der Waals surface area contributed by atoms with Crippen molar-refractivity contribution in [3.63, 3.8) is 0 Å². The molecule has 0 aliphatic rings. The number of nitrogens with one attached hydrogen (secondary N) is 1. The van der Waals surface area contributed by atoms with Crippen LogP contribution >= 0.6 is 0 Å². The number of fused-ring (bicyclic) bond motifs is 1. The number of carbonyl (C=O) groups is 1. The van der Waals surface area contributed by atoms with E-state index in [2.05, 4.69) is 15.3 Å². The number of amides is 1. The Balaban J connectivity index is 1.83. The van der Waals surface area contributed by atoms with Crippen LogP contribution < -0.4 is 0 Å². The summed E-state index contributed by atoms with van der Waals surface area (Å²) in [5, 5.41) is 10.9. The van der Waals surface area contributed by atoms with Crippen LogP contribution in [-0.2, 0) is 13.1 Å². The zero-order valence-corrected chi connectivity index (χ0v) is 12.4. The largest absolute Gasteiger partial charge is 0.337 e. The van der Waals surface area contributed by atoms with E-state index in [4.69, 9.17) is 0 Å². The molecule has 0 spiro atoms. The zero-order chi connectivity index (χ0) is 15.7. The van der Waals surface area contributed by atoms with Crippen LogP contribution in [0, 0.1) is 5.82 Å². The highest BCUT2D eigenvalue weighted by molar-refractivity contribution is 5.98. The van der Waals surface area contributed by atoms with Crippen molar-refractivity contribution in [3.05, 3.63) is 47.7 Å². The molecule has 0 unspecified atom stereocenters. The Hall–Kier alpha value is -2.70. The summed E-state index contributed by atoms with van der Waals surface area (Å²) in [4.78, 5) is 13.9. The van der Waals surface area contributed by atoms with E-state index in [1.165, 1.54) is 17.2 Å². The molecule has 0 saturated carbocycles. The number of aromatic amines is 1. The number of H-pyrrole nitrogens is 1. The summed E-state index contributed by atoms with van der Waals surface area (Å²) in [7, 11) is 1.64. The summed E-state index contributed by atoms with van der Waals surface area (Å²) in [6, 6.07) is 3.13. The van der Waals surface area contributed by atoms with Gasteiger partial charge in [-0.15, -0.1) is 0 Å². The fourth-order valence-electron chi connectivity index (χ4n) is 2.36. The Morgan fingerprint density at radius 2 is 2.23 bits per heavy atom. The van der Waals surface area contributed by atoms with E-state index in [1.807, 2.05) is 13.1 Å². The van der Waals surface area contributed by atoms with Gasteiger partial charge in [-0.25, -0.2) is 4.39 Å². The second-order valence-electron chi connectivity index (χ2n) is 5.12. The first-order valence-electron chi connectivity index (χ1n) is 6.98. The van der Waals surface area contributed by atoms with Crippen molar-refractivity contribution in [2.24, 2.45) is 0 Å². The van der Waals surface area contributed by atoms with Gasteiger partial charge < -0.3 is 4.90 Å². The molecule has 0 aliphatic heterocycles. The smallest absolute Gasteiger partial charge is 0.256 e. The highest BCUT2D eigenvalue weighted by atomic mass is 19.1. The molecule has 22 heavy (non-hydrogen) atoms. The van der Waals surface area contributed by atoms with E-state index in [-0.39, 0.29) is 11.5 Å². The first kappa shape index (κ1) is 14.2. The third kappa shape index (κ3) is 2.45. The van der Waals surface area contributed by atoms with Crippen LogP contribution in [0.2, 0.25) is 0 Å². The topological polar surface area (TPSA) is 66.8 Å². The van der Waals surface area contributed by atoms with Crippen molar-refractivity contribution in [3.8, 4) is 0 Å². The number of aryl methyl sites for hydroxylation is 1. The van der Waals surface area contributed by atoms with Gasteiger partial charge in [0.2, 0.25) is 0 Å². The summed E-state index contributed by atoms with van der Waals surface area (Å²) in [5.74, 6) is -0.919. The lowest BCUT2D eigenvalue weighted by molar-refractivity contribution is 0.0781. The van der Waals surface area contributed by atoms with Crippen LogP contribution in [0.5, 0.6) is 0 Å². The van der Waals surface area contributed by atoms with E-state index in [0.717, 1.165) is 12.1 Å². The first-order valence-corrected chi connectivity index (χ1v) is 6.98. The van der Waals surface area contributed by atoms with E-state index in [1.54, 1.807) is 24.0 Å². The molecular weight excluding hydrogens is 285 g/mol. The number of halogens is 1. The molecule has 0 saturated heterocycles. The van der Waals surface area contributed by atoms with Crippen LogP contribution in [0.25, 0.3) is 10.9 Å². The number of aromatic nitrogens is 4. The van der Waals surface area contributed by atoms with Crippen molar-refractivity contribution in [1.29, 1.82) is 0 Å². The maximum Gasteiger partial charge on any atom is 0.256 e. The third-order valence-electron chi connectivity index (χ3n) is 3.57. The summed E-state index contributed by atoms with van der Waals surface area (Å²) < 4.78 is 16.2. The molecule has 2 heterocycles. The number of hydrogen-bond donors (Lipinski definition) is 1. The van der Waals surface area contributed by atoms with Gasteiger partial charge in [-0.1, -0.05) is 0 Å². The van der Waals surface area contributed by atoms with Crippen LogP contribution in [0.15, 0.2) is 30.7 Å². The monoisotopic (exact) mass is 301 g/mol. The molecule has 1 N–H and O–H groups in total. The fraction of sp³-hybridized carbons (Fsp3) is 0.267. The number of nitrogens with zero attached hydrogens (tertiary/aromatic N) is 4. The van der Waals surface area contributed by atoms with Gasteiger partial charge in [0.05, 0.1) is 28.9 Å². The van der Waals surface area contributed by atoms with Crippen LogP contribution in [0.4, 0.5) is 4.39 Å². The Morgan fingerprint density at radius 3 is 2.95 bits per heavy atom. The van der Waals surface area contributed by atoms with Crippen molar-refractivity contribution in [2.75, 3.05) is 7.05 Å². The summed E-state index contributed by atoms with van der Waals surface area (Å²) in [5.41, 5.74) is 1.52. The molecule has 7 heteroatoms. The van der Waals surface area contributed by atoms with Crippen LogP contribution in [-0.4, -0.2) is 37.8 Å². The van der Waals surface area contributed by atoms with E-state index < -0.39 is 5.82 Å². The summed E-state index contributed by atoms with van der Waals surface area (Å²) in [6.45, 7) is 3.13. The molecular formula is C15H16FN5O. The van der Waals surface area contributed by atoms with Crippen molar-refractivity contribution in [2.45, 2.75) is 20.0 Å². The SMILES string of the molecule is CCn1cc(CN(C)C(=O)c2ccc3[nH]ncc3c2F)cn1. The molecule has 0 aliphatic carbocycles. The standard InChI is InChI=1S/C15H16FN5O/c1-3-21-9-10(6-18-21)8-20(2)15(22)11-4-5-13-12(14(11)16)7-17-19-13/h4-7,9H,3,8H2,1-2H3,(H,17,19). The van der Waals surface area contributed by atoms with E-state index in [0.29, 0.717) is 17.4 Å². The van der Waals surface area contributed by atoms with Gasteiger partial charge in [-0.2, -0.15) is 10.2 Å². The molecule has 114 valence electrons. The van der Waals surface area contributed by atoms with Gasteiger partial charge in [-0.3, -0.25) is 14.6 Å². The number of hydrogen-bond acceptors (Lipinski definition) is 3. The van der Waals surface area contributed by atoms with Gasteiger partial charge in [-0.05, 0) is 19.1 Å². The minimum absolute atomic E-state index is 0.0410.